The van der Waals surface area contributed by atoms with E-state index >= 15 is 0 Å². The predicted octanol–water partition coefficient (Wildman–Crippen LogP) is 3.21. The highest BCUT2D eigenvalue weighted by Gasteiger charge is 2.17. The molecule has 3 rings (SSSR count). The van der Waals surface area contributed by atoms with Crippen molar-refractivity contribution in [1.29, 1.82) is 0 Å². The summed E-state index contributed by atoms with van der Waals surface area (Å²) in [6.07, 6.45) is 6.16. The molecule has 2 amide bonds. The fraction of sp³-hybridized carbons (Fsp3) is 0.421. The lowest BCUT2D eigenvalue weighted by Crippen LogP contribution is -2.28. The average molecular weight is 343 g/mol. The van der Waals surface area contributed by atoms with E-state index in [1.165, 1.54) is 0 Å². The van der Waals surface area contributed by atoms with E-state index in [0.29, 0.717) is 24.6 Å². The number of anilines is 1. The van der Waals surface area contributed by atoms with E-state index in [-0.39, 0.29) is 12.1 Å². The van der Waals surface area contributed by atoms with E-state index in [4.69, 9.17) is 9.47 Å². The molecule has 1 aliphatic rings. The Labute approximate surface area is 148 Å². The monoisotopic (exact) mass is 343 g/mol. The topological polar surface area (TPSA) is 64.5 Å². The van der Waals surface area contributed by atoms with Crippen LogP contribution in [0, 0.1) is 6.92 Å². The molecule has 25 heavy (non-hydrogen) atoms. The smallest absolute Gasteiger partial charge is 0.319 e. The standard InChI is InChI=1S/C19H25N3O3/c1-14-5-6-17(18(10-14)25-13-16-4-3-9-24-16)21-19(23)20-11-15-7-8-22(2)12-15/h5-8,10,12,16H,3-4,9,11,13H2,1-2H3,(H2,20,21,23). The van der Waals surface area contributed by atoms with Crippen LogP contribution in [0.3, 0.4) is 0 Å². The Morgan fingerprint density at radius 1 is 1.40 bits per heavy atom. The van der Waals surface area contributed by atoms with Crippen molar-refractivity contribution in [3.63, 3.8) is 0 Å². The van der Waals surface area contributed by atoms with E-state index < -0.39 is 0 Å². The summed E-state index contributed by atoms with van der Waals surface area (Å²) in [5.41, 5.74) is 2.79. The van der Waals surface area contributed by atoms with E-state index in [1.807, 2.05) is 55.2 Å². The van der Waals surface area contributed by atoms with Crippen LogP contribution in [-0.4, -0.2) is 29.9 Å². The van der Waals surface area contributed by atoms with Gasteiger partial charge in [-0.15, -0.1) is 0 Å². The van der Waals surface area contributed by atoms with Crippen molar-refractivity contribution in [3.8, 4) is 5.75 Å². The number of nitrogens with one attached hydrogen (secondary N) is 2. The number of urea groups is 1. The number of carbonyl (C=O) groups is 1. The maximum Gasteiger partial charge on any atom is 0.319 e. The molecule has 0 radical (unpaired) electrons. The maximum atomic E-state index is 12.2. The minimum Gasteiger partial charge on any atom is -0.489 e. The molecule has 1 unspecified atom stereocenters. The van der Waals surface area contributed by atoms with E-state index in [9.17, 15) is 4.79 Å². The van der Waals surface area contributed by atoms with Crippen molar-refractivity contribution in [2.75, 3.05) is 18.5 Å². The molecular formula is C19H25N3O3. The number of hydrogen-bond acceptors (Lipinski definition) is 3. The van der Waals surface area contributed by atoms with Crippen LogP contribution in [0.15, 0.2) is 36.7 Å². The molecule has 0 saturated carbocycles. The van der Waals surface area contributed by atoms with Crippen LogP contribution in [0.4, 0.5) is 10.5 Å². The Morgan fingerprint density at radius 2 is 2.28 bits per heavy atom. The van der Waals surface area contributed by atoms with Crippen LogP contribution in [-0.2, 0) is 18.3 Å². The number of rotatable bonds is 6. The summed E-state index contributed by atoms with van der Waals surface area (Å²) in [6.45, 7) is 3.78. The summed E-state index contributed by atoms with van der Waals surface area (Å²) in [5.74, 6) is 0.672. The second-order valence-corrected chi connectivity index (χ2v) is 6.44. The van der Waals surface area contributed by atoms with Crippen LogP contribution in [0.5, 0.6) is 5.75 Å². The quantitative estimate of drug-likeness (QED) is 0.846. The predicted molar refractivity (Wildman–Crippen MR) is 96.9 cm³/mol. The second-order valence-electron chi connectivity index (χ2n) is 6.44. The van der Waals surface area contributed by atoms with Gasteiger partial charge in [-0.25, -0.2) is 4.79 Å². The Hall–Kier alpha value is -2.47. The zero-order valence-electron chi connectivity index (χ0n) is 14.7. The second kappa shape index (κ2) is 8.07. The third-order valence-electron chi connectivity index (χ3n) is 4.18. The molecule has 0 bridgehead atoms. The molecule has 1 fully saturated rings. The highest BCUT2D eigenvalue weighted by Crippen LogP contribution is 2.26. The van der Waals surface area contributed by atoms with Gasteiger partial charge in [0.15, 0.2) is 0 Å². The van der Waals surface area contributed by atoms with Gasteiger partial charge in [-0.2, -0.15) is 0 Å². The van der Waals surface area contributed by atoms with Gasteiger partial charge in [0, 0.05) is 32.6 Å². The zero-order chi connectivity index (χ0) is 17.6. The van der Waals surface area contributed by atoms with Crippen molar-refractivity contribution in [1.82, 2.24) is 9.88 Å². The molecule has 0 spiro atoms. The first kappa shape index (κ1) is 17.4. The van der Waals surface area contributed by atoms with Gasteiger partial charge < -0.3 is 24.7 Å². The van der Waals surface area contributed by atoms with Gasteiger partial charge in [-0.3, -0.25) is 0 Å². The number of benzene rings is 1. The van der Waals surface area contributed by atoms with Gasteiger partial charge in [-0.05, 0) is 49.1 Å². The van der Waals surface area contributed by atoms with Crippen molar-refractivity contribution >= 4 is 11.7 Å². The number of aromatic nitrogens is 1. The molecule has 2 aromatic rings. The fourth-order valence-electron chi connectivity index (χ4n) is 2.83. The summed E-state index contributed by atoms with van der Waals surface area (Å²) >= 11 is 0. The SMILES string of the molecule is Cc1ccc(NC(=O)NCc2ccn(C)c2)c(OCC2CCCO2)c1. The summed E-state index contributed by atoms with van der Waals surface area (Å²) in [7, 11) is 1.95. The van der Waals surface area contributed by atoms with Gasteiger partial charge in [-0.1, -0.05) is 6.07 Å². The van der Waals surface area contributed by atoms with Crippen LogP contribution in [0.2, 0.25) is 0 Å². The van der Waals surface area contributed by atoms with Gasteiger partial charge in [0.25, 0.3) is 0 Å². The third-order valence-corrected chi connectivity index (χ3v) is 4.18. The summed E-state index contributed by atoms with van der Waals surface area (Å²) in [4.78, 5) is 12.2. The number of nitrogens with zero attached hydrogens (tertiary/aromatic N) is 1. The van der Waals surface area contributed by atoms with Crippen LogP contribution in [0.25, 0.3) is 0 Å². The van der Waals surface area contributed by atoms with Gasteiger partial charge in [0.1, 0.15) is 12.4 Å². The van der Waals surface area contributed by atoms with E-state index in [1.54, 1.807) is 0 Å². The lowest BCUT2D eigenvalue weighted by Gasteiger charge is -2.16. The largest absolute Gasteiger partial charge is 0.489 e. The van der Waals surface area contributed by atoms with Crippen LogP contribution in [0.1, 0.15) is 24.0 Å². The molecule has 1 saturated heterocycles. The van der Waals surface area contributed by atoms with Gasteiger partial charge in [0.2, 0.25) is 0 Å². The Balaban J connectivity index is 1.57. The first-order valence-corrected chi connectivity index (χ1v) is 8.61. The molecule has 0 aliphatic carbocycles. The zero-order valence-corrected chi connectivity index (χ0v) is 14.7. The van der Waals surface area contributed by atoms with Crippen molar-refractivity contribution in [2.24, 2.45) is 7.05 Å². The summed E-state index contributed by atoms with van der Waals surface area (Å²) < 4.78 is 13.4. The lowest BCUT2D eigenvalue weighted by atomic mass is 10.2. The molecule has 1 atom stereocenters. The summed E-state index contributed by atoms with van der Waals surface area (Å²) in [5, 5.41) is 5.72. The van der Waals surface area contributed by atoms with Gasteiger partial charge >= 0.3 is 6.03 Å². The molecule has 2 heterocycles. The number of amides is 2. The minimum atomic E-state index is -0.255. The van der Waals surface area contributed by atoms with Crippen LogP contribution >= 0.6 is 0 Å². The van der Waals surface area contributed by atoms with E-state index in [0.717, 1.165) is 30.6 Å². The van der Waals surface area contributed by atoms with Crippen molar-refractivity contribution in [3.05, 3.63) is 47.8 Å². The Morgan fingerprint density at radius 3 is 3.00 bits per heavy atom. The lowest BCUT2D eigenvalue weighted by molar-refractivity contribution is 0.0682. The molecule has 1 aromatic heterocycles. The molecule has 134 valence electrons. The Kier molecular flexibility index (Phi) is 5.60. The molecule has 2 N–H and O–H groups in total. The highest BCUT2D eigenvalue weighted by molar-refractivity contribution is 5.90. The molecule has 1 aromatic carbocycles. The average Bonchev–Trinajstić information content (AvgIpc) is 3.24. The van der Waals surface area contributed by atoms with Crippen LogP contribution < -0.4 is 15.4 Å². The molecule has 6 heteroatoms. The van der Waals surface area contributed by atoms with E-state index in [2.05, 4.69) is 10.6 Å². The number of aryl methyl sites for hydroxylation is 2. The molecule has 1 aliphatic heterocycles. The normalized spacial score (nSPS) is 16.6. The fourth-order valence-corrected chi connectivity index (χ4v) is 2.83. The third kappa shape index (κ3) is 5.00. The first-order chi connectivity index (χ1) is 12.1. The van der Waals surface area contributed by atoms with Gasteiger partial charge in [0.05, 0.1) is 11.8 Å². The van der Waals surface area contributed by atoms with Crippen molar-refractivity contribution in [2.45, 2.75) is 32.4 Å². The highest BCUT2D eigenvalue weighted by atomic mass is 16.5. The summed E-state index contributed by atoms with van der Waals surface area (Å²) in [6, 6.07) is 7.47. The minimum absolute atomic E-state index is 0.139. The first-order valence-electron chi connectivity index (χ1n) is 8.61. The Bertz CT molecular complexity index is 720. The molecular weight excluding hydrogens is 318 g/mol. The maximum absolute atomic E-state index is 12.2. The number of ether oxygens (including phenoxy) is 2. The number of carbonyl (C=O) groups excluding carboxylic acids is 1. The molecule has 6 nitrogen and oxygen atoms in total. The number of hydrogen-bond donors (Lipinski definition) is 2. The van der Waals surface area contributed by atoms with Crippen molar-refractivity contribution < 1.29 is 14.3 Å².